The van der Waals surface area contributed by atoms with Gasteiger partial charge in [0.25, 0.3) is 0 Å². The lowest BCUT2D eigenvalue weighted by Crippen LogP contribution is -2.17. The van der Waals surface area contributed by atoms with E-state index in [1.165, 1.54) is 33.4 Å². The predicted molar refractivity (Wildman–Crippen MR) is 104 cm³/mol. The maximum atomic E-state index is 2.37. The second-order valence-electron chi connectivity index (χ2n) is 6.31. The molecule has 0 aromatic heterocycles. The summed E-state index contributed by atoms with van der Waals surface area (Å²) in [6, 6.07) is 25.9. The molecule has 0 saturated heterocycles. The molecule has 0 radical (unpaired) electrons. The van der Waals surface area contributed by atoms with Gasteiger partial charge in [-0.1, -0.05) is 54.6 Å². The van der Waals surface area contributed by atoms with Crippen LogP contribution in [0.1, 0.15) is 19.8 Å². The predicted octanol–water partition coefficient (Wildman–Crippen LogP) is 6.60. The van der Waals surface area contributed by atoms with E-state index in [4.69, 9.17) is 0 Å². The third kappa shape index (κ3) is 2.74. The molecule has 1 nitrogen and oxygen atoms in total. The van der Waals surface area contributed by atoms with E-state index in [0.29, 0.717) is 0 Å². The molecule has 3 aromatic rings. The first-order valence-corrected chi connectivity index (χ1v) is 8.53. The Morgan fingerprint density at radius 3 is 2.29 bits per heavy atom. The minimum Gasteiger partial charge on any atom is -0.311 e. The molecule has 1 aliphatic carbocycles. The number of hydrogen-bond acceptors (Lipinski definition) is 1. The third-order valence-corrected chi connectivity index (χ3v) is 4.65. The summed E-state index contributed by atoms with van der Waals surface area (Å²) in [5.41, 5.74) is 5.15. The summed E-state index contributed by atoms with van der Waals surface area (Å²) < 4.78 is 0. The molecule has 0 N–H and O–H groups in total. The second-order valence-corrected chi connectivity index (χ2v) is 6.31. The Kier molecular flexibility index (Phi) is 3.92. The average Bonchev–Trinajstić information content (AvgIpc) is 2.64. The van der Waals surface area contributed by atoms with Gasteiger partial charge in [-0.25, -0.2) is 0 Å². The van der Waals surface area contributed by atoms with Gasteiger partial charge in [0.15, 0.2) is 0 Å². The summed E-state index contributed by atoms with van der Waals surface area (Å²) >= 11 is 0. The van der Waals surface area contributed by atoms with E-state index in [1.54, 1.807) is 0 Å². The van der Waals surface area contributed by atoms with Gasteiger partial charge in [-0.15, -0.1) is 0 Å². The van der Waals surface area contributed by atoms with Crippen molar-refractivity contribution in [2.45, 2.75) is 19.8 Å². The highest BCUT2D eigenvalue weighted by molar-refractivity contribution is 5.88. The largest absolute Gasteiger partial charge is 0.311 e. The van der Waals surface area contributed by atoms with Gasteiger partial charge in [-0.3, -0.25) is 0 Å². The standard InChI is InChI=1S/C23H21N/c1-18-9-5-8-14-23(18)24(21-12-3-2-4-13-21)22-16-15-19-10-6-7-11-20(19)17-22/h2-4,6-8,10-17H,5,9H2,1H3. The van der Waals surface area contributed by atoms with Gasteiger partial charge in [0, 0.05) is 17.1 Å². The molecule has 4 rings (SSSR count). The number of nitrogens with zero attached hydrogens (tertiary/aromatic N) is 1. The van der Waals surface area contributed by atoms with Crippen molar-refractivity contribution in [2.75, 3.05) is 4.90 Å². The van der Waals surface area contributed by atoms with Crippen LogP contribution in [0.3, 0.4) is 0 Å². The Labute approximate surface area is 143 Å². The molecule has 24 heavy (non-hydrogen) atoms. The fourth-order valence-corrected chi connectivity index (χ4v) is 3.35. The third-order valence-electron chi connectivity index (χ3n) is 4.65. The molecule has 0 amide bonds. The first kappa shape index (κ1) is 14.8. The van der Waals surface area contributed by atoms with E-state index < -0.39 is 0 Å². The van der Waals surface area contributed by atoms with Crippen molar-refractivity contribution < 1.29 is 0 Å². The lowest BCUT2D eigenvalue weighted by atomic mass is 10.0. The van der Waals surface area contributed by atoms with Crippen molar-refractivity contribution in [3.63, 3.8) is 0 Å². The number of allylic oxidation sites excluding steroid dienone is 3. The van der Waals surface area contributed by atoms with Gasteiger partial charge in [-0.05, 0) is 66.5 Å². The first-order valence-electron chi connectivity index (χ1n) is 8.53. The molecule has 0 aliphatic heterocycles. The van der Waals surface area contributed by atoms with Crippen LogP contribution in [0, 0.1) is 0 Å². The fraction of sp³-hybridized carbons (Fsp3) is 0.130. The van der Waals surface area contributed by atoms with E-state index in [2.05, 4.69) is 96.8 Å². The zero-order valence-corrected chi connectivity index (χ0v) is 13.9. The molecule has 1 heteroatoms. The van der Waals surface area contributed by atoms with Gasteiger partial charge in [0.2, 0.25) is 0 Å². The van der Waals surface area contributed by atoms with Crippen molar-refractivity contribution in [2.24, 2.45) is 0 Å². The van der Waals surface area contributed by atoms with E-state index in [9.17, 15) is 0 Å². The molecule has 0 heterocycles. The van der Waals surface area contributed by atoms with Crippen molar-refractivity contribution in [3.05, 3.63) is 96.2 Å². The van der Waals surface area contributed by atoms with E-state index in [1.807, 2.05) is 0 Å². The Balaban J connectivity index is 1.90. The fourth-order valence-electron chi connectivity index (χ4n) is 3.35. The molecule has 0 spiro atoms. The van der Waals surface area contributed by atoms with Crippen molar-refractivity contribution in [3.8, 4) is 0 Å². The molecule has 0 bridgehead atoms. The van der Waals surface area contributed by atoms with Crippen LogP contribution in [-0.2, 0) is 0 Å². The first-order chi connectivity index (χ1) is 11.8. The molecular formula is C23H21N. The maximum absolute atomic E-state index is 2.37. The summed E-state index contributed by atoms with van der Waals surface area (Å²) in [5, 5.41) is 2.55. The van der Waals surface area contributed by atoms with Crippen molar-refractivity contribution in [1.29, 1.82) is 0 Å². The zero-order chi connectivity index (χ0) is 16.4. The number of anilines is 2. The quantitative estimate of drug-likeness (QED) is 0.526. The summed E-state index contributed by atoms with van der Waals surface area (Å²) in [7, 11) is 0. The Morgan fingerprint density at radius 2 is 1.50 bits per heavy atom. The smallest absolute Gasteiger partial charge is 0.0467 e. The molecule has 0 unspecified atom stereocenters. The molecule has 118 valence electrons. The maximum Gasteiger partial charge on any atom is 0.0467 e. The number of hydrogen-bond donors (Lipinski definition) is 0. The number of rotatable bonds is 3. The molecule has 0 atom stereocenters. The van der Waals surface area contributed by atoms with Crippen LogP contribution in [0.5, 0.6) is 0 Å². The van der Waals surface area contributed by atoms with Gasteiger partial charge < -0.3 is 4.90 Å². The van der Waals surface area contributed by atoms with E-state index in [0.717, 1.165) is 12.8 Å². The monoisotopic (exact) mass is 311 g/mol. The Morgan fingerprint density at radius 1 is 0.750 bits per heavy atom. The summed E-state index contributed by atoms with van der Waals surface area (Å²) in [6.45, 7) is 2.25. The van der Waals surface area contributed by atoms with Crippen LogP contribution in [0.2, 0.25) is 0 Å². The summed E-state index contributed by atoms with van der Waals surface area (Å²) in [4.78, 5) is 2.37. The lowest BCUT2D eigenvalue weighted by Gasteiger charge is -2.29. The van der Waals surface area contributed by atoms with Crippen LogP contribution >= 0.6 is 0 Å². The Hall–Kier alpha value is -2.80. The normalized spacial score (nSPS) is 14.2. The van der Waals surface area contributed by atoms with Gasteiger partial charge in [0.1, 0.15) is 0 Å². The second kappa shape index (κ2) is 6.37. The number of fused-ring (bicyclic) bond motifs is 1. The highest BCUT2D eigenvalue weighted by atomic mass is 15.1. The highest BCUT2D eigenvalue weighted by Gasteiger charge is 2.17. The zero-order valence-electron chi connectivity index (χ0n) is 13.9. The van der Waals surface area contributed by atoms with Crippen molar-refractivity contribution in [1.82, 2.24) is 0 Å². The average molecular weight is 311 g/mol. The molecule has 0 fully saturated rings. The van der Waals surface area contributed by atoms with Crippen LogP contribution in [0.25, 0.3) is 10.8 Å². The van der Waals surface area contributed by atoms with Gasteiger partial charge in [-0.2, -0.15) is 0 Å². The molecule has 0 saturated carbocycles. The van der Waals surface area contributed by atoms with Crippen LogP contribution < -0.4 is 4.90 Å². The number of para-hydroxylation sites is 1. The summed E-state index contributed by atoms with van der Waals surface area (Å²) in [5.74, 6) is 0. The molecular weight excluding hydrogens is 290 g/mol. The topological polar surface area (TPSA) is 3.24 Å². The van der Waals surface area contributed by atoms with Crippen LogP contribution in [0.15, 0.2) is 96.2 Å². The SMILES string of the molecule is CC1=C(N(c2ccccc2)c2ccc3ccccc3c2)C=CCC1. The van der Waals surface area contributed by atoms with E-state index in [-0.39, 0.29) is 0 Å². The van der Waals surface area contributed by atoms with Crippen LogP contribution in [0.4, 0.5) is 11.4 Å². The lowest BCUT2D eigenvalue weighted by molar-refractivity contribution is 0.923. The number of benzene rings is 3. The highest BCUT2D eigenvalue weighted by Crippen LogP contribution is 2.35. The Bertz CT molecular complexity index is 919. The minimum atomic E-state index is 1.13. The summed E-state index contributed by atoms with van der Waals surface area (Å²) in [6.07, 6.45) is 6.80. The minimum absolute atomic E-state index is 1.13. The van der Waals surface area contributed by atoms with Crippen LogP contribution in [-0.4, -0.2) is 0 Å². The molecule has 1 aliphatic rings. The van der Waals surface area contributed by atoms with E-state index >= 15 is 0 Å². The molecule has 3 aromatic carbocycles. The van der Waals surface area contributed by atoms with Gasteiger partial charge >= 0.3 is 0 Å². The van der Waals surface area contributed by atoms with Gasteiger partial charge in [0.05, 0.1) is 0 Å². The van der Waals surface area contributed by atoms with Crippen molar-refractivity contribution >= 4 is 22.1 Å².